The van der Waals surface area contributed by atoms with Crippen LogP contribution in [0.15, 0.2) is 24.3 Å². The number of hydrogen-bond donors (Lipinski definition) is 2. The highest BCUT2D eigenvalue weighted by molar-refractivity contribution is 5.31. The van der Waals surface area contributed by atoms with Gasteiger partial charge in [-0.05, 0) is 43.5 Å². The second kappa shape index (κ2) is 8.90. The molecule has 4 nitrogen and oxygen atoms in total. The second-order valence-corrected chi connectivity index (χ2v) is 5.72. The molecular formula is C17H29NO3. The highest BCUT2D eigenvalue weighted by Gasteiger charge is 2.27. The molecule has 0 radical (unpaired) electrons. The van der Waals surface area contributed by atoms with E-state index >= 15 is 0 Å². The summed E-state index contributed by atoms with van der Waals surface area (Å²) in [6.45, 7) is 7.12. The molecule has 0 aliphatic heterocycles. The molecule has 1 rings (SSSR count). The molecule has 1 atom stereocenters. The lowest BCUT2D eigenvalue weighted by atomic mass is 9.90. The zero-order chi connectivity index (χ0) is 15.7. The highest BCUT2D eigenvalue weighted by atomic mass is 16.5. The predicted molar refractivity (Wildman–Crippen MR) is 86.1 cm³/mol. The summed E-state index contributed by atoms with van der Waals surface area (Å²) in [5.74, 6) is 1.67. The second-order valence-electron chi connectivity index (χ2n) is 5.72. The van der Waals surface area contributed by atoms with Gasteiger partial charge in [0.2, 0.25) is 0 Å². The van der Waals surface area contributed by atoms with Crippen molar-refractivity contribution in [2.24, 2.45) is 0 Å². The van der Waals surface area contributed by atoms with E-state index in [1.165, 1.54) is 0 Å². The molecular weight excluding hydrogens is 266 g/mol. The zero-order valence-electron chi connectivity index (χ0n) is 13.7. The summed E-state index contributed by atoms with van der Waals surface area (Å²) in [5, 5.41) is 13.2. The number of nitrogens with one attached hydrogen (secondary N) is 1. The number of aliphatic hydroxyl groups excluding tert-OH is 1. The number of rotatable bonds is 10. The van der Waals surface area contributed by atoms with Gasteiger partial charge in [-0.3, -0.25) is 0 Å². The van der Waals surface area contributed by atoms with Crippen molar-refractivity contribution in [3.05, 3.63) is 24.3 Å². The molecule has 0 aliphatic rings. The van der Waals surface area contributed by atoms with Crippen LogP contribution in [0.25, 0.3) is 0 Å². The Bertz CT molecular complexity index is 386. The maximum Gasteiger partial charge on any atom is 0.119 e. The van der Waals surface area contributed by atoms with Crippen LogP contribution in [-0.2, 0) is 0 Å². The van der Waals surface area contributed by atoms with E-state index in [1.807, 2.05) is 24.3 Å². The monoisotopic (exact) mass is 295 g/mol. The molecule has 0 fully saturated rings. The first kappa shape index (κ1) is 17.8. The van der Waals surface area contributed by atoms with Gasteiger partial charge in [0.05, 0.1) is 20.3 Å². The van der Waals surface area contributed by atoms with E-state index in [-0.39, 0.29) is 12.1 Å². The van der Waals surface area contributed by atoms with Crippen LogP contribution in [-0.4, -0.2) is 37.0 Å². The fraction of sp³-hybridized carbons (Fsp3) is 0.647. The van der Waals surface area contributed by atoms with Crippen LogP contribution in [0.4, 0.5) is 0 Å². The highest BCUT2D eigenvalue weighted by Crippen LogP contribution is 2.20. The van der Waals surface area contributed by atoms with Crippen LogP contribution >= 0.6 is 0 Å². The lowest BCUT2D eigenvalue weighted by Crippen LogP contribution is -2.51. The van der Waals surface area contributed by atoms with Crippen molar-refractivity contribution >= 4 is 0 Å². The molecule has 1 aromatic carbocycles. The Kier molecular flexibility index (Phi) is 7.54. The van der Waals surface area contributed by atoms with E-state index in [0.717, 1.165) is 30.8 Å². The fourth-order valence-electron chi connectivity index (χ4n) is 2.47. The maximum atomic E-state index is 9.68. The molecule has 1 aromatic rings. The third-order valence-corrected chi connectivity index (χ3v) is 3.70. The third-order valence-electron chi connectivity index (χ3n) is 3.70. The Hall–Kier alpha value is -1.26. The van der Waals surface area contributed by atoms with Crippen LogP contribution in [0, 0.1) is 0 Å². The lowest BCUT2D eigenvalue weighted by molar-refractivity contribution is 0.129. The average molecular weight is 295 g/mol. The fourth-order valence-corrected chi connectivity index (χ4v) is 2.47. The summed E-state index contributed by atoms with van der Waals surface area (Å²) < 4.78 is 10.8. The molecule has 21 heavy (non-hydrogen) atoms. The van der Waals surface area contributed by atoms with E-state index in [2.05, 4.69) is 26.1 Å². The van der Waals surface area contributed by atoms with Gasteiger partial charge in [-0.15, -0.1) is 0 Å². The van der Waals surface area contributed by atoms with Crippen molar-refractivity contribution in [1.29, 1.82) is 0 Å². The minimum atomic E-state index is -0.197. The largest absolute Gasteiger partial charge is 0.497 e. The first-order valence-corrected chi connectivity index (χ1v) is 7.70. The summed E-state index contributed by atoms with van der Waals surface area (Å²) >= 11 is 0. The third kappa shape index (κ3) is 5.94. The molecule has 1 unspecified atom stereocenters. The Balaban J connectivity index is 2.39. The first-order chi connectivity index (χ1) is 10.0. The van der Waals surface area contributed by atoms with E-state index in [1.54, 1.807) is 7.11 Å². The Morgan fingerprint density at radius 2 is 1.81 bits per heavy atom. The minimum Gasteiger partial charge on any atom is -0.497 e. The molecule has 0 aliphatic carbocycles. The van der Waals surface area contributed by atoms with Crippen molar-refractivity contribution in [2.45, 2.75) is 51.6 Å². The quantitative estimate of drug-likeness (QED) is 0.652. The first-order valence-electron chi connectivity index (χ1n) is 7.70. The number of methoxy groups -OCH3 is 1. The van der Waals surface area contributed by atoms with E-state index in [4.69, 9.17) is 9.47 Å². The standard InChI is InChI=1S/C17H29NO3/c1-5-17(13-19,18-14(2)3)11-6-12-21-16-9-7-15(20-4)8-10-16/h7-10,14,18-19H,5-6,11-13H2,1-4H3. The van der Waals surface area contributed by atoms with Gasteiger partial charge in [0.15, 0.2) is 0 Å². The number of ether oxygens (including phenoxy) is 2. The minimum absolute atomic E-state index is 0.157. The molecule has 120 valence electrons. The van der Waals surface area contributed by atoms with Gasteiger partial charge >= 0.3 is 0 Å². The van der Waals surface area contributed by atoms with Gasteiger partial charge in [0, 0.05) is 11.6 Å². The van der Waals surface area contributed by atoms with E-state index in [0.29, 0.717) is 12.6 Å². The number of hydrogen-bond acceptors (Lipinski definition) is 4. The van der Waals surface area contributed by atoms with Crippen molar-refractivity contribution in [2.75, 3.05) is 20.3 Å². The lowest BCUT2D eigenvalue weighted by Gasteiger charge is -2.34. The van der Waals surface area contributed by atoms with Crippen LogP contribution in [0.2, 0.25) is 0 Å². The number of aliphatic hydroxyl groups is 1. The van der Waals surface area contributed by atoms with Gasteiger partial charge in [-0.25, -0.2) is 0 Å². The Morgan fingerprint density at radius 1 is 1.19 bits per heavy atom. The van der Waals surface area contributed by atoms with E-state index < -0.39 is 0 Å². The van der Waals surface area contributed by atoms with E-state index in [9.17, 15) is 5.11 Å². The molecule has 0 heterocycles. The van der Waals surface area contributed by atoms with Crippen LogP contribution in [0.3, 0.4) is 0 Å². The summed E-state index contributed by atoms with van der Waals surface area (Å²) in [6, 6.07) is 7.95. The van der Waals surface area contributed by atoms with Crippen LogP contribution < -0.4 is 14.8 Å². The summed E-state index contributed by atoms with van der Waals surface area (Å²) in [7, 11) is 1.65. The van der Waals surface area contributed by atoms with Gasteiger partial charge in [-0.1, -0.05) is 20.8 Å². The van der Waals surface area contributed by atoms with Gasteiger partial charge in [0.25, 0.3) is 0 Å². The molecule has 0 saturated carbocycles. The summed E-state index contributed by atoms with van der Waals surface area (Å²) in [5.41, 5.74) is -0.197. The molecule has 4 heteroatoms. The molecule has 0 spiro atoms. The van der Waals surface area contributed by atoms with Crippen molar-refractivity contribution in [3.63, 3.8) is 0 Å². The zero-order valence-corrected chi connectivity index (χ0v) is 13.7. The molecule has 2 N–H and O–H groups in total. The van der Waals surface area contributed by atoms with Crippen molar-refractivity contribution in [3.8, 4) is 11.5 Å². The molecule has 0 bridgehead atoms. The van der Waals surface area contributed by atoms with Gasteiger partial charge in [0.1, 0.15) is 11.5 Å². The summed E-state index contributed by atoms with van der Waals surface area (Å²) in [6.07, 6.45) is 2.71. The normalized spacial score (nSPS) is 14.0. The average Bonchev–Trinajstić information content (AvgIpc) is 2.50. The summed E-state index contributed by atoms with van der Waals surface area (Å²) in [4.78, 5) is 0. The number of benzene rings is 1. The molecule has 0 saturated heterocycles. The Morgan fingerprint density at radius 3 is 2.29 bits per heavy atom. The topological polar surface area (TPSA) is 50.7 Å². The smallest absolute Gasteiger partial charge is 0.119 e. The van der Waals surface area contributed by atoms with Crippen LogP contribution in [0.1, 0.15) is 40.0 Å². The Labute approximate surface area is 128 Å². The SMILES string of the molecule is CCC(CO)(CCCOc1ccc(OC)cc1)NC(C)C. The molecule has 0 amide bonds. The van der Waals surface area contributed by atoms with Gasteiger partial charge < -0.3 is 19.9 Å². The maximum absolute atomic E-state index is 9.68. The molecule has 0 aromatic heterocycles. The van der Waals surface area contributed by atoms with Gasteiger partial charge in [-0.2, -0.15) is 0 Å². The van der Waals surface area contributed by atoms with Crippen molar-refractivity contribution in [1.82, 2.24) is 5.32 Å². The van der Waals surface area contributed by atoms with Crippen molar-refractivity contribution < 1.29 is 14.6 Å². The van der Waals surface area contributed by atoms with Crippen LogP contribution in [0.5, 0.6) is 11.5 Å². The predicted octanol–water partition coefficient (Wildman–Crippen LogP) is 2.99.